The van der Waals surface area contributed by atoms with Crippen molar-refractivity contribution in [2.24, 2.45) is 0 Å². The van der Waals surface area contributed by atoms with Gasteiger partial charge in [0.05, 0.1) is 12.2 Å². The average molecular weight is 285 g/mol. The first-order valence-electron chi connectivity index (χ1n) is 6.53. The maximum absolute atomic E-state index is 11.9. The molecule has 7 heteroatoms. The number of rotatable bonds is 4. The summed E-state index contributed by atoms with van der Waals surface area (Å²) in [6.45, 7) is 4.32. The number of nitrogens with one attached hydrogen (secondary N) is 2. The minimum Gasteiger partial charge on any atom is -0.361 e. The van der Waals surface area contributed by atoms with E-state index >= 15 is 0 Å². The zero-order chi connectivity index (χ0) is 14.8. The first-order chi connectivity index (χ1) is 10.1. The molecule has 3 heterocycles. The molecule has 0 bridgehead atoms. The third-order valence-corrected chi connectivity index (χ3v) is 3.23. The number of aromatic nitrogens is 4. The van der Waals surface area contributed by atoms with Gasteiger partial charge in [-0.05, 0) is 26.0 Å². The fourth-order valence-corrected chi connectivity index (χ4v) is 2.06. The van der Waals surface area contributed by atoms with Crippen molar-refractivity contribution in [2.75, 3.05) is 5.32 Å². The molecule has 3 aromatic rings. The van der Waals surface area contributed by atoms with Gasteiger partial charge in [0.15, 0.2) is 5.82 Å². The normalized spacial score (nSPS) is 10.8. The number of aryl methyl sites for hydroxylation is 2. The lowest BCUT2D eigenvalue weighted by atomic mass is 10.2. The van der Waals surface area contributed by atoms with Crippen LogP contribution in [0.5, 0.6) is 0 Å². The van der Waals surface area contributed by atoms with Crippen molar-refractivity contribution in [3.8, 4) is 0 Å². The van der Waals surface area contributed by atoms with Gasteiger partial charge < -0.3 is 14.8 Å². The summed E-state index contributed by atoms with van der Waals surface area (Å²) in [4.78, 5) is 14.7. The number of H-pyrrole nitrogens is 1. The number of hydrogen-bond donors (Lipinski definition) is 2. The molecule has 0 aromatic carbocycles. The van der Waals surface area contributed by atoms with Crippen molar-refractivity contribution in [2.45, 2.75) is 20.4 Å². The molecule has 108 valence electrons. The number of nitrogens with zero attached hydrogens (tertiary/aromatic N) is 3. The highest BCUT2D eigenvalue weighted by Crippen LogP contribution is 2.14. The fourth-order valence-electron chi connectivity index (χ4n) is 2.06. The molecule has 0 saturated heterocycles. The molecule has 0 spiro atoms. The van der Waals surface area contributed by atoms with Gasteiger partial charge in [-0.25, -0.2) is 0 Å². The van der Waals surface area contributed by atoms with Gasteiger partial charge in [0.25, 0.3) is 5.91 Å². The Morgan fingerprint density at radius 1 is 1.43 bits per heavy atom. The number of carbonyl (C=O) groups excluding carboxylic acids is 1. The van der Waals surface area contributed by atoms with Crippen LogP contribution in [0.3, 0.4) is 0 Å². The average Bonchev–Trinajstić information content (AvgIpc) is 3.17. The molecular formula is C14H15N5O2. The van der Waals surface area contributed by atoms with Gasteiger partial charge in [-0.3, -0.25) is 9.48 Å². The van der Waals surface area contributed by atoms with E-state index in [9.17, 15) is 4.79 Å². The summed E-state index contributed by atoms with van der Waals surface area (Å²) < 4.78 is 6.86. The lowest BCUT2D eigenvalue weighted by Gasteiger charge is -2.01. The minimum absolute atomic E-state index is 0.220. The predicted octanol–water partition coefficient (Wildman–Crippen LogP) is 2.12. The second-order valence-corrected chi connectivity index (χ2v) is 4.74. The van der Waals surface area contributed by atoms with Crippen LogP contribution in [0.4, 0.5) is 5.82 Å². The smallest absolute Gasteiger partial charge is 0.273 e. The van der Waals surface area contributed by atoms with Crippen molar-refractivity contribution in [1.82, 2.24) is 19.9 Å². The Morgan fingerprint density at radius 3 is 2.95 bits per heavy atom. The van der Waals surface area contributed by atoms with Crippen LogP contribution >= 0.6 is 0 Å². The van der Waals surface area contributed by atoms with Crippen LogP contribution in [0.25, 0.3) is 0 Å². The molecule has 3 rings (SSSR count). The summed E-state index contributed by atoms with van der Waals surface area (Å²) in [5, 5.41) is 11.0. The van der Waals surface area contributed by atoms with Gasteiger partial charge in [-0.1, -0.05) is 5.16 Å². The van der Waals surface area contributed by atoms with Crippen LogP contribution in [0.2, 0.25) is 0 Å². The van der Waals surface area contributed by atoms with Crippen molar-refractivity contribution >= 4 is 11.7 Å². The zero-order valence-corrected chi connectivity index (χ0v) is 11.8. The highest BCUT2D eigenvalue weighted by atomic mass is 16.5. The predicted molar refractivity (Wildman–Crippen MR) is 76.1 cm³/mol. The van der Waals surface area contributed by atoms with E-state index in [4.69, 9.17) is 4.52 Å². The first-order valence-corrected chi connectivity index (χ1v) is 6.53. The second kappa shape index (κ2) is 5.28. The Bertz CT molecular complexity index is 735. The Labute approximate surface area is 120 Å². The molecule has 21 heavy (non-hydrogen) atoms. The summed E-state index contributed by atoms with van der Waals surface area (Å²) in [6, 6.07) is 5.22. The van der Waals surface area contributed by atoms with Gasteiger partial charge in [0, 0.05) is 24.0 Å². The molecule has 0 fully saturated rings. The number of amides is 1. The lowest BCUT2D eigenvalue weighted by Crippen LogP contribution is -2.13. The Kier molecular flexibility index (Phi) is 3.31. The largest absolute Gasteiger partial charge is 0.361 e. The maximum atomic E-state index is 11.9. The van der Waals surface area contributed by atoms with Crippen LogP contribution in [0, 0.1) is 13.8 Å². The number of aromatic amines is 1. The Balaban J connectivity index is 1.71. The van der Waals surface area contributed by atoms with E-state index in [1.54, 1.807) is 35.3 Å². The number of carbonyl (C=O) groups is 1. The van der Waals surface area contributed by atoms with Gasteiger partial charge in [-0.2, -0.15) is 5.10 Å². The highest BCUT2D eigenvalue weighted by Gasteiger charge is 2.12. The zero-order valence-electron chi connectivity index (χ0n) is 11.8. The van der Waals surface area contributed by atoms with Crippen LogP contribution < -0.4 is 5.32 Å². The molecule has 2 N–H and O–H groups in total. The van der Waals surface area contributed by atoms with Crippen molar-refractivity contribution in [3.63, 3.8) is 0 Å². The Morgan fingerprint density at radius 2 is 2.29 bits per heavy atom. The second-order valence-electron chi connectivity index (χ2n) is 4.74. The summed E-state index contributed by atoms with van der Waals surface area (Å²) >= 11 is 0. The Hall–Kier alpha value is -2.83. The molecule has 0 aliphatic carbocycles. The maximum Gasteiger partial charge on any atom is 0.273 e. The number of hydrogen-bond acceptors (Lipinski definition) is 4. The summed E-state index contributed by atoms with van der Waals surface area (Å²) in [6.07, 6.45) is 3.50. The lowest BCUT2D eigenvalue weighted by molar-refractivity contribution is 0.102. The summed E-state index contributed by atoms with van der Waals surface area (Å²) in [5.41, 5.74) is 2.34. The molecule has 0 aliphatic rings. The van der Waals surface area contributed by atoms with Crippen molar-refractivity contribution < 1.29 is 9.32 Å². The van der Waals surface area contributed by atoms with E-state index in [-0.39, 0.29) is 5.91 Å². The summed E-state index contributed by atoms with van der Waals surface area (Å²) in [5.74, 6) is 1.06. The summed E-state index contributed by atoms with van der Waals surface area (Å²) in [7, 11) is 0. The van der Waals surface area contributed by atoms with Gasteiger partial charge in [-0.15, -0.1) is 0 Å². The highest BCUT2D eigenvalue weighted by molar-refractivity contribution is 6.02. The molecule has 0 atom stereocenters. The van der Waals surface area contributed by atoms with Crippen LogP contribution in [0.1, 0.15) is 27.5 Å². The standard InChI is InChI=1S/C14H15N5O2/c1-9-11(10(2)21-18-9)8-19-7-5-13(17-19)16-14(20)12-4-3-6-15-12/h3-7,15H,8H2,1-2H3,(H,16,17,20). The molecule has 7 nitrogen and oxygen atoms in total. The van der Waals surface area contributed by atoms with Crippen molar-refractivity contribution in [3.05, 3.63) is 53.3 Å². The molecule has 0 aliphatic heterocycles. The fraction of sp³-hybridized carbons (Fsp3) is 0.214. The molecule has 0 saturated carbocycles. The van der Waals surface area contributed by atoms with Crippen LogP contribution in [0.15, 0.2) is 35.1 Å². The molecule has 3 aromatic heterocycles. The number of anilines is 1. The topological polar surface area (TPSA) is 88.7 Å². The molecule has 1 amide bonds. The molecular weight excluding hydrogens is 270 g/mol. The van der Waals surface area contributed by atoms with Gasteiger partial charge in [0.1, 0.15) is 11.5 Å². The van der Waals surface area contributed by atoms with E-state index in [0.29, 0.717) is 18.1 Å². The van der Waals surface area contributed by atoms with E-state index in [0.717, 1.165) is 17.0 Å². The third-order valence-electron chi connectivity index (χ3n) is 3.23. The van der Waals surface area contributed by atoms with Gasteiger partial charge >= 0.3 is 0 Å². The molecule has 0 unspecified atom stereocenters. The molecule has 0 radical (unpaired) electrons. The van der Waals surface area contributed by atoms with E-state index in [1.165, 1.54) is 0 Å². The van der Waals surface area contributed by atoms with E-state index in [1.807, 2.05) is 13.8 Å². The van der Waals surface area contributed by atoms with Crippen LogP contribution in [-0.4, -0.2) is 25.8 Å². The van der Waals surface area contributed by atoms with E-state index in [2.05, 4.69) is 20.6 Å². The monoisotopic (exact) mass is 285 g/mol. The van der Waals surface area contributed by atoms with E-state index < -0.39 is 0 Å². The minimum atomic E-state index is -0.220. The third kappa shape index (κ3) is 2.71. The van der Waals surface area contributed by atoms with Crippen molar-refractivity contribution in [1.29, 1.82) is 0 Å². The SMILES string of the molecule is Cc1noc(C)c1Cn1ccc(NC(=O)c2ccc[nH]2)n1. The van der Waals surface area contributed by atoms with Gasteiger partial charge in [0.2, 0.25) is 0 Å². The van der Waals surface area contributed by atoms with Crippen LogP contribution in [-0.2, 0) is 6.54 Å². The quantitative estimate of drug-likeness (QED) is 0.768. The first kappa shape index (κ1) is 13.2.